The van der Waals surface area contributed by atoms with E-state index in [-0.39, 0.29) is 23.4 Å². The molecule has 0 aromatic rings. The summed E-state index contributed by atoms with van der Waals surface area (Å²) in [5, 5.41) is 11.2. The van der Waals surface area contributed by atoms with E-state index in [0.29, 0.717) is 25.4 Å². The van der Waals surface area contributed by atoms with Crippen molar-refractivity contribution < 1.29 is 19.4 Å². The fourth-order valence-electron chi connectivity index (χ4n) is 4.45. The van der Waals surface area contributed by atoms with Gasteiger partial charge in [-0.2, -0.15) is 0 Å². The molecule has 0 aromatic heterocycles. The molecule has 0 amide bonds. The smallest absolute Gasteiger partial charge is 0.303 e. The average Bonchev–Trinajstić information content (AvgIpc) is 2.43. The monoisotopic (exact) mass is 310 g/mol. The number of esters is 1. The molecule has 0 heterocycles. The molecule has 1 N–H and O–H groups in total. The van der Waals surface area contributed by atoms with E-state index >= 15 is 0 Å². The van der Waals surface area contributed by atoms with Gasteiger partial charge in [-0.15, -0.1) is 0 Å². The third-order valence-electron chi connectivity index (χ3n) is 5.70. The van der Waals surface area contributed by atoms with Crippen LogP contribution in [0.3, 0.4) is 0 Å². The Balaban J connectivity index is 2.22. The Morgan fingerprint density at radius 2 is 2.05 bits per heavy atom. The maximum Gasteiger partial charge on any atom is 0.303 e. The van der Waals surface area contributed by atoms with E-state index < -0.39 is 5.60 Å². The Labute approximate surface area is 133 Å². The van der Waals surface area contributed by atoms with E-state index in [2.05, 4.69) is 20.4 Å². The van der Waals surface area contributed by atoms with Gasteiger partial charge >= 0.3 is 5.97 Å². The largest absolute Gasteiger partial charge is 0.458 e. The molecule has 2 aliphatic carbocycles. The Hall–Kier alpha value is -0.870. The van der Waals surface area contributed by atoms with E-state index in [4.69, 9.17) is 9.47 Å². The quantitative estimate of drug-likeness (QED) is 0.643. The molecule has 2 aliphatic rings. The summed E-state index contributed by atoms with van der Waals surface area (Å²) in [5.41, 5.74) is 0.379. The Morgan fingerprint density at radius 1 is 1.36 bits per heavy atom. The SMILES string of the molecule is C=C1CC[C@@H]2[C@H](CC2(C)C)C(O)(COC)CCC1OC(C)=O. The molecule has 0 bridgehead atoms. The first-order valence-corrected chi connectivity index (χ1v) is 8.26. The summed E-state index contributed by atoms with van der Waals surface area (Å²) in [6.07, 6.45) is 3.76. The highest BCUT2D eigenvalue weighted by molar-refractivity contribution is 5.66. The van der Waals surface area contributed by atoms with Crippen molar-refractivity contribution in [1.29, 1.82) is 0 Å². The topological polar surface area (TPSA) is 55.8 Å². The van der Waals surface area contributed by atoms with E-state index in [1.54, 1.807) is 7.11 Å². The third kappa shape index (κ3) is 3.38. The van der Waals surface area contributed by atoms with Gasteiger partial charge in [0.25, 0.3) is 0 Å². The minimum atomic E-state index is -0.835. The van der Waals surface area contributed by atoms with Crippen molar-refractivity contribution in [3.63, 3.8) is 0 Å². The van der Waals surface area contributed by atoms with Gasteiger partial charge in [-0.3, -0.25) is 4.79 Å². The second-order valence-electron chi connectivity index (χ2n) is 7.78. The molecule has 0 aromatic carbocycles. The summed E-state index contributed by atoms with van der Waals surface area (Å²) in [6.45, 7) is 10.4. The molecular weight excluding hydrogens is 280 g/mol. The van der Waals surface area contributed by atoms with Crippen molar-refractivity contribution in [2.45, 2.75) is 64.6 Å². The third-order valence-corrected chi connectivity index (χ3v) is 5.70. The van der Waals surface area contributed by atoms with Gasteiger partial charge in [0.15, 0.2) is 0 Å². The molecule has 2 fully saturated rings. The number of ether oxygens (including phenoxy) is 2. The second kappa shape index (κ2) is 6.32. The van der Waals surface area contributed by atoms with Crippen molar-refractivity contribution in [2.24, 2.45) is 17.3 Å². The van der Waals surface area contributed by atoms with Crippen LogP contribution in [0.1, 0.15) is 52.9 Å². The summed E-state index contributed by atoms with van der Waals surface area (Å²) in [6, 6.07) is 0. The molecule has 126 valence electrons. The summed E-state index contributed by atoms with van der Waals surface area (Å²) >= 11 is 0. The van der Waals surface area contributed by atoms with Crippen LogP contribution in [-0.2, 0) is 14.3 Å². The van der Waals surface area contributed by atoms with Crippen molar-refractivity contribution in [1.82, 2.24) is 0 Å². The van der Waals surface area contributed by atoms with E-state index in [1.807, 2.05) is 0 Å². The van der Waals surface area contributed by atoms with Gasteiger partial charge in [-0.05, 0) is 54.9 Å². The Bertz CT molecular complexity index is 442. The second-order valence-corrected chi connectivity index (χ2v) is 7.78. The maximum atomic E-state index is 11.3. The van der Waals surface area contributed by atoms with Crippen LogP contribution in [0.25, 0.3) is 0 Å². The van der Waals surface area contributed by atoms with Gasteiger partial charge < -0.3 is 14.6 Å². The van der Waals surface area contributed by atoms with Crippen molar-refractivity contribution >= 4 is 5.97 Å². The van der Waals surface area contributed by atoms with Crippen LogP contribution in [-0.4, -0.2) is 36.5 Å². The fraction of sp³-hybridized carbons (Fsp3) is 0.833. The molecule has 2 rings (SSSR count). The number of methoxy groups -OCH3 is 1. The molecule has 0 radical (unpaired) electrons. The van der Waals surface area contributed by atoms with Crippen molar-refractivity contribution in [3.8, 4) is 0 Å². The predicted octanol–water partition coefficient (Wildman–Crippen LogP) is 3.09. The number of fused-ring (bicyclic) bond motifs is 1. The lowest BCUT2D eigenvalue weighted by atomic mass is 9.49. The van der Waals surface area contributed by atoms with Gasteiger partial charge in [0.1, 0.15) is 6.10 Å². The van der Waals surface area contributed by atoms with Gasteiger partial charge in [-0.1, -0.05) is 20.4 Å². The standard InChI is InChI=1S/C18H30O4/c1-12-6-7-14-15(10-17(14,3)4)18(20,11-21-5)9-8-16(12)22-13(2)19/h14-16,20H,1,6-11H2,2-5H3/t14-,15+,16?,18?/m1/s1. The number of hydrogen-bond donors (Lipinski definition) is 1. The molecule has 4 nitrogen and oxygen atoms in total. The molecule has 0 aliphatic heterocycles. The van der Waals surface area contributed by atoms with Crippen LogP contribution in [0.4, 0.5) is 0 Å². The predicted molar refractivity (Wildman–Crippen MR) is 85.4 cm³/mol. The summed E-state index contributed by atoms with van der Waals surface area (Å²) in [7, 11) is 1.63. The fourth-order valence-corrected chi connectivity index (χ4v) is 4.45. The van der Waals surface area contributed by atoms with Crippen LogP contribution in [0, 0.1) is 17.3 Å². The van der Waals surface area contributed by atoms with E-state index in [1.165, 1.54) is 6.92 Å². The van der Waals surface area contributed by atoms with Gasteiger partial charge in [-0.25, -0.2) is 0 Å². The summed E-state index contributed by atoms with van der Waals surface area (Å²) in [5.74, 6) is 0.427. The number of rotatable bonds is 3. The highest BCUT2D eigenvalue weighted by atomic mass is 16.5. The van der Waals surface area contributed by atoms with Gasteiger partial charge in [0.2, 0.25) is 0 Å². The summed E-state index contributed by atoms with van der Waals surface area (Å²) < 4.78 is 10.7. The highest BCUT2D eigenvalue weighted by Crippen LogP contribution is 2.58. The van der Waals surface area contributed by atoms with Crippen LogP contribution in [0.15, 0.2) is 12.2 Å². The average molecular weight is 310 g/mol. The van der Waals surface area contributed by atoms with Crippen LogP contribution in [0.2, 0.25) is 0 Å². The number of carbonyl (C=O) groups excluding carboxylic acids is 1. The first-order valence-electron chi connectivity index (χ1n) is 8.26. The Kier molecular flexibility index (Phi) is 5.03. The normalized spacial score (nSPS) is 38.0. The molecule has 4 heteroatoms. The van der Waals surface area contributed by atoms with E-state index in [0.717, 1.165) is 24.8 Å². The molecule has 22 heavy (non-hydrogen) atoms. The molecule has 2 unspecified atom stereocenters. The molecule has 4 atom stereocenters. The lowest BCUT2D eigenvalue weighted by Gasteiger charge is -2.57. The minimum Gasteiger partial charge on any atom is -0.458 e. The molecule has 0 saturated heterocycles. The first-order chi connectivity index (χ1) is 10.2. The van der Waals surface area contributed by atoms with Crippen molar-refractivity contribution in [3.05, 3.63) is 12.2 Å². The first kappa shape index (κ1) is 17.5. The summed E-state index contributed by atoms with van der Waals surface area (Å²) in [4.78, 5) is 11.3. The lowest BCUT2D eigenvalue weighted by Crippen LogP contribution is -2.57. The van der Waals surface area contributed by atoms with E-state index in [9.17, 15) is 9.90 Å². The number of hydrogen-bond acceptors (Lipinski definition) is 4. The van der Waals surface area contributed by atoms with Crippen molar-refractivity contribution in [2.75, 3.05) is 13.7 Å². The zero-order valence-corrected chi connectivity index (χ0v) is 14.4. The van der Waals surface area contributed by atoms with Crippen LogP contribution >= 0.6 is 0 Å². The highest BCUT2D eigenvalue weighted by Gasteiger charge is 2.56. The number of carbonyl (C=O) groups is 1. The lowest BCUT2D eigenvalue weighted by molar-refractivity contribution is -0.175. The molecule has 2 saturated carbocycles. The Morgan fingerprint density at radius 3 is 2.59 bits per heavy atom. The molecular formula is C18H30O4. The zero-order chi connectivity index (χ0) is 16.5. The van der Waals surface area contributed by atoms with Gasteiger partial charge in [0.05, 0.1) is 12.2 Å². The van der Waals surface area contributed by atoms with Crippen LogP contribution < -0.4 is 0 Å². The minimum absolute atomic E-state index is 0.244. The number of aliphatic hydroxyl groups is 1. The van der Waals surface area contributed by atoms with Gasteiger partial charge in [0, 0.05) is 14.0 Å². The molecule has 0 spiro atoms. The van der Waals surface area contributed by atoms with Crippen LogP contribution in [0.5, 0.6) is 0 Å². The maximum absolute atomic E-state index is 11.3. The zero-order valence-electron chi connectivity index (χ0n) is 14.4.